The minimum absolute atomic E-state index is 0.177. The fourth-order valence-corrected chi connectivity index (χ4v) is 4.24. The van der Waals surface area contributed by atoms with Crippen LogP contribution in [-0.4, -0.2) is 26.0 Å². The SMILES string of the molecule is CCNc1ccncc1S(=O)(=O)NC(C)Cc1cccs1. The van der Waals surface area contributed by atoms with E-state index < -0.39 is 10.0 Å². The summed E-state index contributed by atoms with van der Waals surface area (Å²) in [5, 5.41) is 5.03. The van der Waals surface area contributed by atoms with Crippen LogP contribution in [0.4, 0.5) is 5.69 Å². The van der Waals surface area contributed by atoms with Gasteiger partial charge in [0, 0.05) is 29.9 Å². The zero-order valence-electron chi connectivity index (χ0n) is 12.0. The second kappa shape index (κ2) is 7.02. The molecule has 2 aromatic rings. The van der Waals surface area contributed by atoms with E-state index in [1.807, 2.05) is 31.4 Å². The molecule has 2 aromatic heterocycles. The molecule has 2 heterocycles. The maximum absolute atomic E-state index is 12.5. The minimum atomic E-state index is -3.59. The molecule has 21 heavy (non-hydrogen) atoms. The quantitative estimate of drug-likeness (QED) is 0.820. The molecule has 1 atom stereocenters. The number of sulfonamides is 1. The summed E-state index contributed by atoms with van der Waals surface area (Å²) in [5.74, 6) is 0. The fraction of sp³-hybridized carbons (Fsp3) is 0.357. The Labute approximate surface area is 129 Å². The number of anilines is 1. The smallest absolute Gasteiger partial charge is 0.244 e. The molecule has 0 saturated carbocycles. The molecule has 0 aromatic carbocycles. The second-order valence-electron chi connectivity index (χ2n) is 4.71. The molecular formula is C14H19N3O2S2. The number of aromatic nitrogens is 1. The molecule has 0 aliphatic rings. The number of pyridine rings is 1. The van der Waals surface area contributed by atoms with Crippen LogP contribution in [-0.2, 0) is 16.4 Å². The highest BCUT2D eigenvalue weighted by atomic mass is 32.2. The third-order valence-corrected chi connectivity index (χ3v) is 5.40. The van der Waals surface area contributed by atoms with E-state index in [1.165, 1.54) is 6.20 Å². The number of hydrogen-bond donors (Lipinski definition) is 2. The molecule has 0 fully saturated rings. The Hall–Kier alpha value is -1.44. The van der Waals surface area contributed by atoms with Crippen molar-refractivity contribution >= 4 is 27.0 Å². The van der Waals surface area contributed by atoms with Gasteiger partial charge in [0.15, 0.2) is 0 Å². The summed E-state index contributed by atoms with van der Waals surface area (Å²) >= 11 is 1.62. The molecule has 0 bridgehead atoms. The van der Waals surface area contributed by atoms with Crippen LogP contribution in [0.3, 0.4) is 0 Å². The van der Waals surface area contributed by atoms with E-state index in [-0.39, 0.29) is 10.9 Å². The van der Waals surface area contributed by atoms with E-state index in [2.05, 4.69) is 15.0 Å². The van der Waals surface area contributed by atoms with E-state index in [0.717, 1.165) is 4.88 Å². The van der Waals surface area contributed by atoms with Crippen LogP contribution >= 0.6 is 11.3 Å². The largest absolute Gasteiger partial charge is 0.384 e. The molecule has 114 valence electrons. The van der Waals surface area contributed by atoms with Gasteiger partial charge in [-0.05, 0) is 37.8 Å². The van der Waals surface area contributed by atoms with E-state index in [4.69, 9.17) is 0 Å². The molecule has 5 nitrogen and oxygen atoms in total. The Morgan fingerprint density at radius 3 is 2.86 bits per heavy atom. The fourth-order valence-electron chi connectivity index (χ4n) is 2.03. The van der Waals surface area contributed by atoms with Crippen molar-refractivity contribution in [1.29, 1.82) is 0 Å². The van der Waals surface area contributed by atoms with Gasteiger partial charge in [0.05, 0.1) is 5.69 Å². The highest BCUT2D eigenvalue weighted by Crippen LogP contribution is 2.20. The van der Waals surface area contributed by atoms with Gasteiger partial charge < -0.3 is 5.32 Å². The number of nitrogens with zero attached hydrogens (tertiary/aromatic N) is 1. The lowest BCUT2D eigenvalue weighted by Crippen LogP contribution is -2.34. The van der Waals surface area contributed by atoms with Crippen molar-refractivity contribution in [2.45, 2.75) is 31.2 Å². The van der Waals surface area contributed by atoms with Crippen molar-refractivity contribution in [1.82, 2.24) is 9.71 Å². The predicted octanol–water partition coefficient (Wildman–Crippen LogP) is 2.48. The second-order valence-corrected chi connectivity index (χ2v) is 7.42. The lowest BCUT2D eigenvalue weighted by molar-refractivity contribution is 0.560. The van der Waals surface area contributed by atoms with Gasteiger partial charge in [-0.2, -0.15) is 0 Å². The molecule has 0 aliphatic carbocycles. The predicted molar refractivity (Wildman–Crippen MR) is 86.2 cm³/mol. The van der Waals surface area contributed by atoms with Gasteiger partial charge in [-0.3, -0.25) is 4.98 Å². The molecular weight excluding hydrogens is 306 g/mol. The number of hydrogen-bond acceptors (Lipinski definition) is 5. The summed E-state index contributed by atoms with van der Waals surface area (Å²) in [5.41, 5.74) is 0.573. The zero-order valence-corrected chi connectivity index (χ0v) is 13.7. The molecule has 1 unspecified atom stereocenters. The monoisotopic (exact) mass is 325 g/mol. The van der Waals surface area contributed by atoms with E-state index in [9.17, 15) is 8.42 Å². The third-order valence-electron chi connectivity index (χ3n) is 2.89. The molecule has 7 heteroatoms. The minimum Gasteiger partial charge on any atom is -0.384 e. The summed E-state index contributed by atoms with van der Waals surface area (Å²) in [7, 11) is -3.59. The Balaban J connectivity index is 2.14. The normalized spacial score (nSPS) is 13.0. The van der Waals surface area contributed by atoms with Crippen molar-refractivity contribution < 1.29 is 8.42 Å². The van der Waals surface area contributed by atoms with Crippen molar-refractivity contribution in [3.63, 3.8) is 0 Å². The first kappa shape index (κ1) is 15.9. The topological polar surface area (TPSA) is 71.1 Å². The van der Waals surface area contributed by atoms with Crippen LogP contribution in [0.5, 0.6) is 0 Å². The number of nitrogens with one attached hydrogen (secondary N) is 2. The van der Waals surface area contributed by atoms with E-state index in [0.29, 0.717) is 18.7 Å². The Kier molecular flexibility index (Phi) is 5.33. The van der Waals surface area contributed by atoms with Crippen LogP contribution in [0, 0.1) is 0 Å². The summed E-state index contributed by atoms with van der Waals surface area (Å²) < 4.78 is 27.7. The maximum atomic E-state index is 12.5. The lowest BCUT2D eigenvalue weighted by Gasteiger charge is -2.15. The zero-order chi connectivity index (χ0) is 15.3. The molecule has 0 aliphatic heterocycles. The van der Waals surface area contributed by atoms with Crippen molar-refractivity contribution in [3.05, 3.63) is 40.8 Å². The average Bonchev–Trinajstić information content (AvgIpc) is 2.91. The first-order valence-corrected chi connectivity index (χ1v) is 9.12. The number of thiophene rings is 1. The highest BCUT2D eigenvalue weighted by Gasteiger charge is 2.21. The van der Waals surface area contributed by atoms with Crippen molar-refractivity contribution in [3.8, 4) is 0 Å². The maximum Gasteiger partial charge on any atom is 0.244 e. The summed E-state index contributed by atoms with van der Waals surface area (Å²) in [6, 6.07) is 5.46. The van der Waals surface area contributed by atoms with Gasteiger partial charge in [-0.25, -0.2) is 13.1 Å². The molecule has 0 amide bonds. The van der Waals surface area contributed by atoms with Gasteiger partial charge >= 0.3 is 0 Å². The Morgan fingerprint density at radius 2 is 2.19 bits per heavy atom. The Morgan fingerprint density at radius 1 is 1.38 bits per heavy atom. The first-order chi connectivity index (χ1) is 10.0. The average molecular weight is 325 g/mol. The van der Waals surface area contributed by atoms with Gasteiger partial charge in [-0.1, -0.05) is 6.07 Å². The van der Waals surface area contributed by atoms with Gasteiger partial charge in [0.2, 0.25) is 10.0 Å². The van der Waals surface area contributed by atoms with Crippen LogP contribution in [0.15, 0.2) is 40.9 Å². The Bertz CT molecular complexity index is 669. The van der Waals surface area contributed by atoms with Crippen LogP contribution in [0.1, 0.15) is 18.7 Å². The van der Waals surface area contributed by atoms with E-state index >= 15 is 0 Å². The molecule has 0 radical (unpaired) electrons. The number of rotatable bonds is 7. The molecule has 0 spiro atoms. The van der Waals surface area contributed by atoms with Crippen LogP contribution < -0.4 is 10.0 Å². The van der Waals surface area contributed by atoms with E-state index in [1.54, 1.807) is 23.6 Å². The standard InChI is InChI=1S/C14H19N3O2S2/c1-3-16-13-6-7-15-10-14(13)21(18,19)17-11(2)9-12-5-4-8-20-12/h4-8,10-11,17H,3,9H2,1-2H3,(H,15,16). The van der Waals surface area contributed by atoms with Crippen LogP contribution in [0.2, 0.25) is 0 Å². The van der Waals surface area contributed by atoms with Gasteiger partial charge in [0.25, 0.3) is 0 Å². The van der Waals surface area contributed by atoms with Gasteiger partial charge in [-0.15, -0.1) is 11.3 Å². The highest BCUT2D eigenvalue weighted by molar-refractivity contribution is 7.89. The van der Waals surface area contributed by atoms with Gasteiger partial charge in [0.1, 0.15) is 4.90 Å². The summed E-state index contributed by atoms with van der Waals surface area (Å²) in [6.45, 7) is 4.43. The van der Waals surface area contributed by atoms with Crippen molar-refractivity contribution in [2.75, 3.05) is 11.9 Å². The summed E-state index contributed by atoms with van der Waals surface area (Å²) in [4.78, 5) is 5.26. The van der Waals surface area contributed by atoms with Crippen molar-refractivity contribution in [2.24, 2.45) is 0 Å². The molecule has 2 rings (SSSR count). The van der Waals surface area contributed by atoms with Crippen LogP contribution in [0.25, 0.3) is 0 Å². The first-order valence-electron chi connectivity index (χ1n) is 6.75. The lowest BCUT2D eigenvalue weighted by atomic mass is 10.2. The third kappa shape index (κ3) is 4.26. The molecule has 2 N–H and O–H groups in total. The summed E-state index contributed by atoms with van der Waals surface area (Å²) in [6.07, 6.45) is 3.62. The molecule has 0 saturated heterocycles.